The lowest BCUT2D eigenvalue weighted by Gasteiger charge is -2.21. The normalized spacial score (nSPS) is 13.2. The number of allylic oxidation sites excluding steroid dienone is 2. The van der Waals surface area contributed by atoms with Crippen LogP contribution in [0.15, 0.2) is 12.2 Å². The Morgan fingerprint density at radius 1 is 0.346 bits per heavy atom. The molecule has 0 fully saturated rings. The Kier molecular flexibility index (Phi) is 59.9. The SMILES string of the molecule is CCCCCCCC/C=C\CCCCCCCCCCCC(=O)OCC(COP(=O)(O)OCC(CO)OC(=O)CCCCCCCCCCCCCCC)OC(=O)CCCCCCCCCCCCCCCCCCCCC. The van der Waals surface area contributed by atoms with Crippen molar-refractivity contribution in [1.82, 2.24) is 0 Å². The summed E-state index contributed by atoms with van der Waals surface area (Å²) in [7, 11) is -4.74. The van der Waals surface area contributed by atoms with Crippen LogP contribution in [0, 0.1) is 0 Å². The third kappa shape index (κ3) is 58.9. The predicted octanol–water partition coefficient (Wildman–Crippen LogP) is 20.4. The Labute approximate surface area is 481 Å². The van der Waals surface area contributed by atoms with Gasteiger partial charge in [0, 0.05) is 19.3 Å². The topological polar surface area (TPSA) is 155 Å². The molecule has 12 heteroatoms. The van der Waals surface area contributed by atoms with E-state index in [-0.39, 0.29) is 25.9 Å². The summed E-state index contributed by atoms with van der Waals surface area (Å²) < 4.78 is 39.7. The van der Waals surface area contributed by atoms with Crippen molar-refractivity contribution in [3.05, 3.63) is 12.2 Å². The van der Waals surface area contributed by atoms with E-state index >= 15 is 0 Å². The van der Waals surface area contributed by atoms with Gasteiger partial charge in [-0.1, -0.05) is 303 Å². The molecule has 0 aromatic heterocycles. The molecular weight excluding hydrogens is 1000 g/mol. The van der Waals surface area contributed by atoms with E-state index in [0.29, 0.717) is 19.3 Å². The number of ether oxygens (including phenoxy) is 3. The van der Waals surface area contributed by atoms with Gasteiger partial charge in [-0.15, -0.1) is 0 Å². The van der Waals surface area contributed by atoms with E-state index in [1.807, 2.05) is 0 Å². The average molecular weight is 1130 g/mol. The Hall–Kier alpha value is -1.78. The van der Waals surface area contributed by atoms with E-state index in [1.165, 1.54) is 238 Å². The molecule has 0 aliphatic heterocycles. The molecule has 0 aromatic carbocycles. The molecule has 0 aliphatic rings. The van der Waals surface area contributed by atoms with E-state index in [0.717, 1.165) is 57.8 Å². The predicted molar refractivity (Wildman–Crippen MR) is 326 cm³/mol. The minimum atomic E-state index is -4.74. The molecule has 0 aromatic rings. The van der Waals surface area contributed by atoms with Gasteiger partial charge in [0.25, 0.3) is 0 Å². The second-order valence-corrected chi connectivity index (χ2v) is 24.5. The first kappa shape index (κ1) is 76.2. The number of hydrogen-bond acceptors (Lipinski definition) is 10. The summed E-state index contributed by atoms with van der Waals surface area (Å²) in [5.74, 6) is -1.43. The van der Waals surface area contributed by atoms with E-state index in [2.05, 4.69) is 32.9 Å². The van der Waals surface area contributed by atoms with Crippen LogP contribution in [0.1, 0.15) is 355 Å². The van der Waals surface area contributed by atoms with Crippen molar-refractivity contribution in [2.24, 2.45) is 0 Å². The summed E-state index contributed by atoms with van der Waals surface area (Å²) in [6.07, 6.45) is 63.0. The molecule has 0 aliphatic carbocycles. The van der Waals surface area contributed by atoms with Crippen LogP contribution in [0.3, 0.4) is 0 Å². The number of hydrogen-bond donors (Lipinski definition) is 2. The summed E-state index contributed by atoms with van der Waals surface area (Å²) in [5.41, 5.74) is 0. The van der Waals surface area contributed by atoms with Gasteiger partial charge in [-0.25, -0.2) is 4.57 Å². The van der Waals surface area contributed by atoms with Gasteiger partial charge in [-0.05, 0) is 44.9 Å². The Balaban J connectivity index is 4.63. The summed E-state index contributed by atoms with van der Waals surface area (Å²) in [6.45, 7) is 4.74. The highest BCUT2D eigenvalue weighted by Crippen LogP contribution is 2.43. The zero-order chi connectivity index (χ0) is 56.9. The molecule has 78 heavy (non-hydrogen) atoms. The maximum absolute atomic E-state index is 13.0. The fourth-order valence-corrected chi connectivity index (χ4v) is 10.8. The Bertz CT molecular complexity index is 1360. The lowest BCUT2D eigenvalue weighted by molar-refractivity contribution is -0.161. The molecule has 0 saturated heterocycles. The number of phosphoric acid groups is 1. The number of esters is 3. The van der Waals surface area contributed by atoms with Crippen LogP contribution in [-0.4, -0.2) is 66.5 Å². The van der Waals surface area contributed by atoms with Crippen LogP contribution in [-0.2, 0) is 42.2 Å². The molecule has 0 amide bonds. The largest absolute Gasteiger partial charge is 0.472 e. The Morgan fingerprint density at radius 3 is 0.885 bits per heavy atom. The summed E-state index contributed by atoms with van der Waals surface area (Å²) in [5, 5.41) is 9.84. The minimum Gasteiger partial charge on any atom is -0.462 e. The average Bonchev–Trinajstić information content (AvgIpc) is 3.43. The Morgan fingerprint density at radius 2 is 0.590 bits per heavy atom. The van der Waals surface area contributed by atoms with Gasteiger partial charge in [0.2, 0.25) is 0 Å². The zero-order valence-electron chi connectivity index (χ0n) is 51.4. The maximum Gasteiger partial charge on any atom is 0.472 e. The van der Waals surface area contributed by atoms with Crippen LogP contribution in [0.2, 0.25) is 0 Å². The third-order valence-corrected chi connectivity index (χ3v) is 16.1. The smallest absolute Gasteiger partial charge is 0.462 e. The number of rotatable bonds is 64. The molecule has 0 heterocycles. The van der Waals surface area contributed by atoms with Crippen molar-refractivity contribution < 1.29 is 52.2 Å². The molecule has 0 radical (unpaired) electrons. The number of phosphoric ester groups is 1. The van der Waals surface area contributed by atoms with Crippen molar-refractivity contribution >= 4 is 25.7 Å². The summed E-state index contributed by atoms with van der Waals surface area (Å²) in [4.78, 5) is 48.8. The third-order valence-electron chi connectivity index (χ3n) is 15.2. The monoisotopic (exact) mass is 1130 g/mol. The van der Waals surface area contributed by atoms with Gasteiger partial charge in [0.15, 0.2) is 6.10 Å². The first-order valence-electron chi connectivity index (χ1n) is 33.6. The first-order valence-corrected chi connectivity index (χ1v) is 35.1. The number of unbranched alkanes of at least 4 members (excludes halogenated alkanes) is 45. The molecule has 3 unspecified atom stereocenters. The molecule has 0 bridgehead atoms. The summed E-state index contributed by atoms with van der Waals surface area (Å²) in [6, 6.07) is 0. The lowest BCUT2D eigenvalue weighted by Crippen LogP contribution is -2.30. The fourth-order valence-electron chi connectivity index (χ4n) is 10.1. The quantitative estimate of drug-likeness (QED) is 0.0197. The van der Waals surface area contributed by atoms with Gasteiger partial charge < -0.3 is 24.2 Å². The van der Waals surface area contributed by atoms with Gasteiger partial charge in [0.05, 0.1) is 19.8 Å². The molecule has 3 atom stereocenters. The molecule has 0 rings (SSSR count). The highest BCUT2D eigenvalue weighted by atomic mass is 31.2. The molecular formula is C66H127O11P. The van der Waals surface area contributed by atoms with Crippen molar-refractivity contribution in [3.8, 4) is 0 Å². The molecule has 462 valence electrons. The fraction of sp³-hybridized carbons (Fsp3) is 0.924. The van der Waals surface area contributed by atoms with Gasteiger partial charge >= 0.3 is 25.7 Å². The van der Waals surface area contributed by atoms with Crippen molar-refractivity contribution in [2.45, 2.75) is 367 Å². The van der Waals surface area contributed by atoms with Crippen molar-refractivity contribution in [2.75, 3.05) is 26.4 Å². The van der Waals surface area contributed by atoms with Crippen LogP contribution >= 0.6 is 7.82 Å². The van der Waals surface area contributed by atoms with Crippen molar-refractivity contribution in [1.29, 1.82) is 0 Å². The summed E-state index contributed by atoms with van der Waals surface area (Å²) >= 11 is 0. The number of aliphatic hydroxyl groups excluding tert-OH is 1. The second kappa shape index (κ2) is 61.3. The van der Waals surface area contributed by atoms with Crippen molar-refractivity contribution in [3.63, 3.8) is 0 Å². The van der Waals surface area contributed by atoms with E-state index < -0.39 is 57.8 Å². The number of aliphatic hydroxyl groups is 1. The van der Waals surface area contributed by atoms with Crippen LogP contribution in [0.25, 0.3) is 0 Å². The van der Waals surface area contributed by atoms with Crippen LogP contribution in [0.5, 0.6) is 0 Å². The lowest BCUT2D eigenvalue weighted by atomic mass is 10.0. The van der Waals surface area contributed by atoms with Gasteiger partial charge in [-0.2, -0.15) is 0 Å². The van der Waals surface area contributed by atoms with Gasteiger partial charge in [-0.3, -0.25) is 23.4 Å². The van der Waals surface area contributed by atoms with E-state index in [4.69, 9.17) is 23.3 Å². The molecule has 0 spiro atoms. The van der Waals surface area contributed by atoms with Crippen LogP contribution < -0.4 is 0 Å². The standard InChI is InChI=1S/C66H127O11P/c1-4-7-10-13-16-19-22-25-27-29-31-33-35-38-40-43-46-49-52-55-64(68)73-59-63(77-66(70)57-54-51-48-45-42-39-36-34-32-30-28-26-23-20-17-14-11-8-5-2)61-75-78(71,72)74-60-62(58-67)76-65(69)56-53-50-47-44-41-37-24-21-18-15-12-9-6-3/h25,27,62-63,67H,4-24,26,28-61H2,1-3H3,(H,71,72)/b27-25-. The van der Waals surface area contributed by atoms with Gasteiger partial charge in [0.1, 0.15) is 12.7 Å². The highest BCUT2D eigenvalue weighted by molar-refractivity contribution is 7.47. The number of carbonyl (C=O) groups excluding carboxylic acids is 3. The number of carbonyl (C=O) groups is 3. The molecule has 11 nitrogen and oxygen atoms in total. The van der Waals surface area contributed by atoms with Crippen LogP contribution in [0.4, 0.5) is 0 Å². The molecule has 0 saturated carbocycles. The first-order chi connectivity index (χ1) is 38.2. The van der Waals surface area contributed by atoms with E-state index in [9.17, 15) is 28.9 Å². The minimum absolute atomic E-state index is 0.177. The molecule has 2 N–H and O–H groups in total. The van der Waals surface area contributed by atoms with E-state index in [1.54, 1.807) is 0 Å². The zero-order valence-corrected chi connectivity index (χ0v) is 52.3. The maximum atomic E-state index is 13.0. The highest BCUT2D eigenvalue weighted by Gasteiger charge is 2.28. The second-order valence-electron chi connectivity index (χ2n) is 23.0.